The van der Waals surface area contributed by atoms with Crippen molar-refractivity contribution in [1.82, 2.24) is 9.80 Å². The Morgan fingerprint density at radius 3 is 0.810 bits per heavy atom. The zero-order valence-corrected chi connectivity index (χ0v) is 62.8. The van der Waals surface area contributed by atoms with Crippen molar-refractivity contribution in [3.05, 3.63) is 0 Å². The molecule has 0 aliphatic heterocycles. The number of hydrogen-bond donors (Lipinski definition) is 0. The first-order valence-electron chi connectivity index (χ1n) is 34.9. The quantitative estimate of drug-likeness (QED) is 0.0250. The van der Waals surface area contributed by atoms with Crippen LogP contribution in [0.15, 0.2) is 0 Å². The number of carbonyl (C=O) groups is 3. The largest absolute Gasteiger partial charge is 0.461 e. The van der Waals surface area contributed by atoms with Crippen molar-refractivity contribution in [2.45, 2.75) is 336 Å². The molecular formula is C67H132N2O6S9. The summed E-state index contributed by atoms with van der Waals surface area (Å²) in [5.74, 6) is 5.44. The van der Waals surface area contributed by atoms with Gasteiger partial charge < -0.3 is 24.0 Å². The van der Waals surface area contributed by atoms with E-state index in [1.165, 1.54) is 248 Å². The van der Waals surface area contributed by atoms with Gasteiger partial charge in [0, 0.05) is 54.2 Å². The van der Waals surface area contributed by atoms with Crippen molar-refractivity contribution in [3.63, 3.8) is 0 Å². The van der Waals surface area contributed by atoms with Crippen LogP contribution < -0.4 is 0 Å². The molecule has 0 spiro atoms. The maximum absolute atomic E-state index is 13.3. The lowest BCUT2D eigenvalue weighted by Gasteiger charge is -2.24. The smallest absolute Gasteiger partial charge is 0.307 e. The van der Waals surface area contributed by atoms with Crippen LogP contribution in [-0.4, -0.2) is 120 Å². The first-order valence-corrected chi connectivity index (χ1v) is 46.4. The van der Waals surface area contributed by atoms with Gasteiger partial charge in [-0.05, 0) is 94.6 Å². The van der Waals surface area contributed by atoms with Crippen molar-refractivity contribution in [3.8, 4) is 0 Å². The highest BCUT2D eigenvalue weighted by Gasteiger charge is 2.19. The average Bonchev–Trinajstić information content (AvgIpc) is 3.50. The van der Waals surface area contributed by atoms with Gasteiger partial charge in [0.1, 0.15) is 18.3 Å². The number of nitrogens with zero attached hydrogens (tertiary/aromatic N) is 2. The van der Waals surface area contributed by atoms with Gasteiger partial charge in [0.25, 0.3) is 0 Å². The first-order chi connectivity index (χ1) is 41.2. The zero-order chi connectivity index (χ0) is 61.3. The summed E-state index contributed by atoms with van der Waals surface area (Å²) in [6.45, 7) is 16.4. The number of hydrogen-bond acceptors (Lipinski definition) is 17. The minimum atomic E-state index is -0.173. The summed E-state index contributed by atoms with van der Waals surface area (Å²) in [7, 11) is 18.8. The van der Waals surface area contributed by atoms with E-state index in [4.69, 9.17) is 14.2 Å². The Bertz CT molecular complexity index is 1320. The molecule has 0 rings (SSSR count). The molecule has 0 amide bonds. The summed E-state index contributed by atoms with van der Waals surface area (Å²) in [4.78, 5) is 44.0. The molecule has 0 aromatic heterocycles. The van der Waals surface area contributed by atoms with Gasteiger partial charge in [0.15, 0.2) is 0 Å². The maximum Gasteiger partial charge on any atom is 0.307 e. The molecule has 0 N–H and O–H groups in total. The van der Waals surface area contributed by atoms with Gasteiger partial charge >= 0.3 is 17.9 Å². The summed E-state index contributed by atoms with van der Waals surface area (Å²) in [5.41, 5.74) is 0. The second-order valence-corrected chi connectivity index (χ2v) is 36.7. The van der Waals surface area contributed by atoms with Crippen molar-refractivity contribution < 1.29 is 28.6 Å². The summed E-state index contributed by atoms with van der Waals surface area (Å²) in [6.07, 6.45) is 53.5. The van der Waals surface area contributed by atoms with E-state index in [0.717, 1.165) is 56.0 Å². The van der Waals surface area contributed by atoms with Gasteiger partial charge in [-0.25, -0.2) is 0 Å². The highest BCUT2D eigenvalue weighted by atomic mass is 33.5. The van der Waals surface area contributed by atoms with Crippen LogP contribution >= 0.6 is 94.2 Å². The van der Waals surface area contributed by atoms with E-state index < -0.39 is 0 Å². The van der Waals surface area contributed by atoms with Gasteiger partial charge in [-0.2, -0.15) is 0 Å². The number of unbranched alkanes of at least 4 members (excludes halogenated alkanes) is 33. The fraction of sp³-hybridized carbons (Fsp3) is 0.955. The molecule has 500 valence electrons. The summed E-state index contributed by atoms with van der Waals surface area (Å²) in [5, 5.41) is 0. The van der Waals surface area contributed by atoms with Crippen LogP contribution in [0, 0.1) is 0 Å². The van der Waals surface area contributed by atoms with Gasteiger partial charge in [-0.3, -0.25) is 14.4 Å². The Hall–Kier alpha value is 1.48. The van der Waals surface area contributed by atoms with Crippen LogP contribution in [0.5, 0.6) is 0 Å². The Morgan fingerprint density at radius 1 is 0.298 bits per heavy atom. The molecule has 0 saturated carbocycles. The van der Waals surface area contributed by atoms with Crippen molar-refractivity contribution in [2.24, 2.45) is 0 Å². The molecule has 3 unspecified atom stereocenters. The molecule has 0 aromatic carbocycles. The first kappa shape index (κ1) is 85.5. The van der Waals surface area contributed by atoms with Crippen LogP contribution in [0.2, 0.25) is 0 Å². The Labute approximate surface area is 556 Å². The molecule has 0 radical (unpaired) electrons. The van der Waals surface area contributed by atoms with E-state index in [9.17, 15) is 14.4 Å². The van der Waals surface area contributed by atoms with E-state index in [0.29, 0.717) is 26.1 Å². The molecule has 8 nitrogen and oxygen atoms in total. The Kier molecular flexibility index (Phi) is 71.6. The molecule has 84 heavy (non-hydrogen) atoms. The Morgan fingerprint density at radius 2 is 0.548 bits per heavy atom. The fourth-order valence-corrected chi connectivity index (χ4v) is 22.0. The molecule has 0 saturated heterocycles. The molecule has 0 heterocycles. The lowest BCUT2D eigenvalue weighted by atomic mass is 10.1. The summed E-state index contributed by atoms with van der Waals surface area (Å²) >= 11 is 0. The molecule has 0 aromatic rings. The van der Waals surface area contributed by atoms with Crippen LogP contribution in [0.1, 0.15) is 318 Å². The highest BCUT2D eigenvalue weighted by molar-refractivity contribution is 9.10. The highest BCUT2D eigenvalue weighted by Crippen LogP contribution is 2.38. The van der Waals surface area contributed by atoms with Crippen LogP contribution in [0.4, 0.5) is 0 Å². The van der Waals surface area contributed by atoms with Crippen LogP contribution in [0.3, 0.4) is 0 Å². The van der Waals surface area contributed by atoms with E-state index in [-0.39, 0.29) is 49.1 Å². The standard InChI is InChI=1S/C67H132N2O6S9/c1-8-14-17-20-23-26-29-32-35-38-41-44-56-76-82-79-59-62(11-4)73-65(70)48-53-68(7)51-47-52-69(54-49-66(71)74-63(12-5)60-80-83-77-57-45-42-39-36-33-30-27-24-21-18-15-9-2)55-50-67(72)75-64(13-6)61-81-84-78-58-46-43-40-37-34-31-28-25-22-19-16-10-3/h62-64H,8-61H2,1-7H3. The third-order valence-electron chi connectivity index (χ3n) is 15.5. The van der Waals surface area contributed by atoms with Crippen molar-refractivity contribution in [1.29, 1.82) is 0 Å². The predicted molar refractivity (Wildman–Crippen MR) is 394 cm³/mol. The minimum absolute atomic E-state index is 0.0643. The molecular weight excluding hydrogens is 1220 g/mol. The number of rotatable bonds is 70. The van der Waals surface area contributed by atoms with Gasteiger partial charge in [0.2, 0.25) is 0 Å². The topological polar surface area (TPSA) is 85.4 Å². The van der Waals surface area contributed by atoms with Crippen LogP contribution in [0.25, 0.3) is 0 Å². The third kappa shape index (κ3) is 63.6. The predicted octanol–water partition coefficient (Wildman–Crippen LogP) is 23.9. The average molecular weight is 1350 g/mol. The van der Waals surface area contributed by atoms with E-state index in [1.807, 2.05) is 72.7 Å². The normalized spacial score (nSPS) is 12.8. The van der Waals surface area contributed by atoms with Gasteiger partial charge in [-0.1, -0.05) is 318 Å². The van der Waals surface area contributed by atoms with Crippen molar-refractivity contribution >= 4 is 112 Å². The lowest BCUT2D eigenvalue weighted by molar-refractivity contribution is -0.149. The second kappa shape index (κ2) is 70.4. The van der Waals surface area contributed by atoms with Crippen LogP contribution in [-0.2, 0) is 28.6 Å². The number of carbonyl (C=O) groups excluding carboxylic acids is 3. The number of ether oxygens (including phenoxy) is 3. The molecule has 3 atom stereocenters. The fourth-order valence-electron chi connectivity index (χ4n) is 9.75. The molecule has 0 fully saturated rings. The third-order valence-corrected chi connectivity index (χ3v) is 28.7. The maximum atomic E-state index is 13.3. The van der Waals surface area contributed by atoms with Gasteiger partial charge in [-0.15, -0.1) is 0 Å². The van der Waals surface area contributed by atoms with Gasteiger partial charge in [0.05, 0.1) is 19.3 Å². The minimum Gasteiger partial charge on any atom is -0.461 e. The van der Waals surface area contributed by atoms with Crippen molar-refractivity contribution in [2.75, 3.05) is 74.3 Å². The molecule has 0 bridgehead atoms. The lowest BCUT2D eigenvalue weighted by Crippen LogP contribution is -2.34. The summed E-state index contributed by atoms with van der Waals surface area (Å²) < 4.78 is 18.0. The SMILES string of the molecule is CCCCCCCCCCCCCCSSSCC(CC)OC(=O)CCN(C)CCCN(CCC(=O)OC(CC)CSSSCCCCCCCCCCCCCC)CCC(=O)OC(CC)CSSSCCCCCCCCCCCCCC. The van der Waals surface area contributed by atoms with E-state index in [2.05, 4.69) is 58.4 Å². The molecule has 0 aliphatic rings. The molecule has 17 heteroatoms. The van der Waals surface area contributed by atoms with E-state index in [1.54, 1.807) is 21.6 Å². The number of esters is 3. The van der Waals surface area contributed by atoms with E-state index >= 15 is 0 Å². The zero-order valence-electron chi connectivity index (χ0n) is 55.4. The summed E-state index contributed by atoms with van der Waals surface area (Å²) in [6, 6.07) is 0. The Balaban J connectivity index is 4.78. The monoisotopic (exact) mass is 1350 g/mol. The second-order valence-electron chi connectivity index (χ2n) is 23.5. The molecule has 0 aliphatic carbocycles.